The first kappa shape index (κ1) is 17.2. The quantitative estimate of drug-likeness (QED) is 0.411. The van der Waals surface area contributed by atoms with Gasteiger partial charge in [-0.3, -0.25) is 9.59 Å². The molecule has 2 aliphatic rings. The van der Waals surface area contributed by atoms with Crippen LogP contribution in [-0.2, 0) is 9.59 Å². The van der Waals surface area contributed by atoms with E-state index in [1.807, 2.05) is 0 Å². The molecular weight excluding hydrogens is 272 g/mol. The number of fused-ring (bicyclic) bond motifs is 1. The van der Waals surface area contributed by atoms with E-state index in [0.717, 1.165) is 25.0 Å². The fourth-order valence-electron chi connectivity index (χ4n) is 5.39. The van der Waals surface area contributed by atoms with Crippen LogP contribution in [0.3, 0.4) is 0 Å². The van der Waals surface area contributed by atoms with Crippen molar-refractivity contribution in [2.75, 3.05) is 0 Å². The Morgan fingerprint density at radius 3 is 2.64 bits per heavy atom. The Kier molecular flexibility index (Phi) is 5.09. The van der Waals surface area contributed by atoms with Crippen LogP contribution < -0.4 is 0 Å². The molecule has 0 spiro atoms. The van der Waals surface area contributed by atoms with E-state index < -0.39 is 0 Å². The van der Waals surface area contributed by atoms with Crippen LogP contribution in [0.25, 0.3) is 0 Å². The van der Waals surface area contributed by atoms with E-state index in [4.69, 9.17) is 0 Å². The lowest BCUT2D eigenvalue weighted by Crippen LogP contribution is -2.49. The van der Waals surface area contributed by atoms with Crippen LogP contribution in [0.15, 0.2) is 23.8 Å². The molecular formula is C20H30O2. The summed E-state index contributed by atoms with van der Waals surface area (Å²) in [6.07, 6.45) is 10.8. The Labute approximate surface area is 135 Å². The molecule has 2 nitrogen and oxygen atoms in total. The summed E-state index contributed by atoms with van der Waals surface area (Å²) in [5, 5.41) is 0. The Balaban J connectivity index is 2.20. The highest BCUT2D eigenvalue weighted by atomic mass is 16.1. The van der Waals surface area contributed by atoms with Gasteiger partial charge in [0.2, 0.25) is 0 Å². The molecule has 0 heterocycles. The predicted molar refractivity (Wildman–Crippen MR) is 90.5 cm³/mol. The van der Waals surface area contributed by atoms with Crippen LogP contribution in [0.5, 0.6) is 0 Å². The topological polar surface area (TPSA) is 34.1 Å². The summed E-state index contributed by atoms with van der Waals surface area (Å²) in [6.45, 7) is 11.6. The smallest absolute Gasteiger partial charge is 0.146 e. The first-order chi connectivity index (χ1) is 10.3. The minimum Gasteiger partial charge on any atom is -0.299 e. The minimum atomic E-state index is 0.298. The van der Waals surface area contributed by atoms with Crippen LogP contribution in [0.2, 0.25) is 0 Å². The Bertz CT molecular complexity index is 486. The monoisotopic (exact) mass is 302 g/mol. The third kappa shape index (κ3) is 3.11. The zero-order valence-electron chi connectivity index (χ0n) is 14.4. The van der Waals surface area contributed by atoms with Crippen LogP contribution in [0.4, 0.5) is 0 Å². The van der Waals surface area contributed by atoms with Gasteiger partial charge < -0.3 is 0 Å². The van der Waals surface area contributed by atoms with Crippen molar-refractivity contribution in [3.63, 3.8) is 0 Å². The molecule has 0 amide bonds. The molecule has 0 bridgehead atoms. The highest BCUT2D eigenvalue weighted by molar-refractivity contribution is 5.81. The fraction of sp³-hybridized carbons (Fsp3) is 0.700. The summed E-state index contributed by atoms with van der Waals surface area (Å²) < 4.78 is 0. The molecule has 3 unspecified atom stereocenters. The van der Waals surface area contributed by atoms with Gasteiger partial charge in [-0.2, -0.15) is 0 Å². The molecule has 0 aromatic heterocycles. The number of carbonyl (C=O) groups is 2. The molecule has 2 aliphatic carbocycles. The molecule has 22 heavy (non-hydrogen) atoms. The second kappa shape index (κ2) is 6.52. The van der Waals surface area contributed by atoms with Crippen molar-refractivity contribution in [2.24, 2.45) is 22.7 Å². The maximum absolute atomic E-state index is 11.1. The number of allylic oxidation sites excluding steroid dienone is 3. The summed E-state index contributed by atoms with van der Waals surface area (Å²) in [5.74, 6) is 1.21. The van der Waals surface area contributed by atoms with Gasteiger partial charge in [-0.05, 0) is 72.8 Å². The van der Waals surface area contributed by atoms with E-state index >= 15 is 0 Å². The molecule has 0 saturated heterocycles. The van der Waals surface area contributed by atoms with Crippen LogP contribution in [0, 0.1) is 22.7 Å². The normalized spacial score (nSPS) is 34.9. The maximum atomic E-state index is 11.1. The molecule has 2 heteroatoms. The van der Waals surface area contributed by atoms with Gasteiger partial charge in [-0.25, -0.2) is 0 Å². The molecule has 122 valence electrons. The number of hydrogen-bond acceptors (Lipinski definition) is 2. The van der Waals surface area contributed by atoms with Crippen molar-refractivity contribution in [3.8, 4) is 0 Å². The zero-order chi connectivity index (χ0) is 16.4. The van der Waals surface area contributed by atoms with Gasteiger partial charge in [-0.15, -0.1) is 0 Å². The summed E-state index contributed by atoms with van der Waals surface area (Å²) in [6, 6.07) is 0. The number of rotatable bonds is 5. The SMILES string of the molecule is C=C1CCC2C(C)(C)CCCC2(C)C1CCC(C=O)=CC=O. The Morgan fingerprint density at radius 2 is 2.00 bits per heavy atom. The molecule has 0 aromatic rings. The summed E-state index contributed by atoms with van der Waals surface area (Å²) >= 11 is 0. The number of carbonyl (C=O) groups excluding carboxylic acids is 2. The average molecular weight is 302 g/mol. The van der Waals surface area contributed by atoms with Crippen molar-refractivity contribution < 1.29 is 9.59 Å². The maximum Gasteiger partial charge on any atom is 0.146 e. The highest BCUT2D eigenvalue weighted by Crippen LogP contribution is 2.61. The molecule has 2 rings (SSSR count). The van der Waals surface area contributed by atoms with E-state index in [9.17, 15) is 9.59 Å². The average Bonchev–Trinajstić information content (AvgIpc) is 2.44. The van der Waals surface area contributed by atoms with Crippen molar-refractivity contribution in [3.05, 3.63) is 23.8 Å². The lowest BCUT2D eigenvalue weighted by atomic mass is 9.47. The van der Waals surface area contributed by atoms with E-state index in [-0.39, 0.29) is 0 Å². The van der Waals surface area contributed by atoms with E-state index in [0.29, 0.717) is 35.0 Å². The van der Waals surface area contributed by atoms with Gasteiger partial charge >= 0.3 is 0 Å². The van der Waals surface area contributed by atoms with Crippen LogP contribution in [0.1, 0.15) is 65.7 Å². The summed E-state index contributed by atoms with van der Waals surface area (Å²) in [5.41, 5.74) is 2.67. The molecule has 3 atom stereocenters. The fourth-order valence-corrected chi connectivity index (χ4v) is 5.39. The standard InChI is InChI=1S/C20H30O2/c1-15-6-9-18-19(2,3)11-5-12-20(18,4)17(15)8-7-16(14-22)10-13-21/h10,13-14,17-18H,1,5-9,11-12H2,2-4H3. The van der Waals surface area contributed by atoms with Crippen LogP contribution >= 0.6 is 0 Å². The molecule has 0 radical (unpaired) electrons. The molecule has 2 fully saturated rings. The number of hydrogen-bond donors (Lipinski definition) is 0. The van der Waals surface area contributed by atoms with Gasteiger partial charge in [0.15, 0.2) is 0 Å². The Morgan fingerprint density at radius 1 is 1.27 bits per heavy atom. The van der Waals surface area contributed by atoms with Crippen molar-refractivity contribution in [1.29, 1.82) is 0 Å². The summed E-state index contributed by atoms with van der Waals surface area (Å²) in [4.78, 5) is 21.7. The molecule has 2 saturated carbocycles. The highest BCUT2D eigenvalue weighted by Gasteiger charge is 2.52. The van der Waals surface area contributed by atoms with Crippen LogP contribution in [-0.4, -0.2) is 12.6 Å². The van der Waals surface area contributed by atoms with Gasteiger partial charge in [0, 0.05) is 0 Å². The Hall–Kier alpha value is -1.18. The lowest BCUT2D eigenvalue weighted by Gasteiger charge is -2.58. The molecule has 0 N–H and O–H groups in total. The second-order valence-corrected chi connectivity index (χ2v) is 8.18. The van der Waals surface area contributed by atoms with Gasteiger partial charge in [-0.1, -0.05) is 39.3 Å². The predicted octanol–water partition coefficient (Wildman–Crippen LogP) is 4.89. The number of aldehydes is 2. The second-order valence-electron chi connectivity index (χ2n) is 8.18. The van der Waals surface area contributed by atoms with Crippen molar-refractivity contribution in [2.45, 2.75) is 65.7 Å². The van der Waals surface area contributed by atoms with Gasteiger partial charge in [0.25, 0.3) is 0 Å². The third-order valence-electron chi connectivity index (χ3n) is 6.47. The van der Waals surface area contributed by atoms with Gasteiger partial charge in [0.1, 0.15) is 12.6 Å². The summed E-state index contributed by atoms with van der Waals surface area (Å²) in [7, 11) is 0. The first-order valence-electron chi connectivity index (χ1n) is 8.62. The first-order valence-corrected chi connectivity index (χ1v) is 8.62. The van der Waals surface area contributed by atoms with Gasteiger partial charge in [0.05, 0.1) is 0 Å². The molecule has 0 aliphatic heterocycles. The largest absolute Gasteiger partial charge is 0.299 e. The van der Waals surface area contributed by atoms with E-state index in [1.165, 1.54) is 37.3 Å². The van der Waals surface area contributed by atoms with E-state index in [1.54, 1.807) is 0 Å². The van der Waals surface area contributed by atoms with Crippen molar-refractivity contribution in [1.82, 2.24) is 0 Å². The lowest BCUT2D eigenvalue weighted by molar-refractivity contribution is -0.106. The third-order valence-corrected chi connectivity index (χ3v) is 6.47. The van der Waals surface area contributed by atoms with E-state index in [2.05, 4.69) is 27.4 Å². The zero-order valence-corrected chi connectivity index (χ0v) is 14.4. The molecule has 0 aromatic carbocycles. The van der Waals surface area contributed by atoms with Crippen molar-refractivity contribution >= 4 is 12.6 Å². The minimum absolute atomic E-state index is 0.298.